The van der Waals surface area contributed by atoms with Crippen LogP contribution in [0, 0.1) is 10.1 Å². The van der Waals surface area contributed by atoms with E-state index in [4.69, 9.17) is 0 Å². The van der Waals surface area contributed by atoms with Gasteiger partial charge in [0, 0.05) is 23.4 Å². The number of nitro groups is 1. The molecule has 0 atom stereocenters. The van der Waals surface area contributed by atoms with Gasteiger partial charge in [0.2, 0.25) is 0 Å². The van der Waals surface area contributed by atoms with Gasteiger partial charge in [0.15, 0.2) is 0 Å². The van der Waals surface area contributed by atoms with Gasteiger partial charge in [0.1, 0.15) is 0 Å². The maximum absolute atomic E-state index is 12.9. The number of fused-ring (bicyclic) bond motifs is 1. The third kappa shape index (κ3) is 3.56. The van der Waals surface area contributed by atoms with Gasteiger partial charge in [-0.2, -0.15) is 0 Å². The fraction of sp³-hybridized carbons (Fsp3) is 0. The Morgan fingerprint density at radius 1 is 0.844 bits per heavy atom. The van der Waals surface area contributed by atoms with Crippen LogP contribution >= 0.6 is 0 Å². The van der Waals surface area contributed by atoms with Gasteiger partial charge in [-0.05, 0) is 42.0 Å². The zero-order chi connectivity index (χ0) is 23.0. The Kier molecular flexibility index (Phi) is 4.95. The van der Waals surface area contributed by atoms with Gasteiger partial charge in [0.25, 0.3) is 23.4 Å². The van der Waals surface area contributed by atoms with E-state index in [-0.39, 0.29) is 33.6 Å². The smallest absolute Gasteiger partial charge is 0.271 e. The molecule has 0 saturated carbocycles. The lowest BCUT2D eigenvalue weighted by Crippen LogP contribution is -2.29. The first-order valence-electron chi connectivity index (χ1n) is 9.16. The Hall–Kier alpha value is -4.86. The standard InChI is InChI=1S/C22H13N3O7/c26-19(23-14-7-4-12(5-8-14)22(29)30)13-6-9-17-18(10-13)21(28)24(20(17)27)15-2-1-3-16(11-15)25(31)32/h1-11H,(H,23,26)(H,29,30)/p-1. The van der Waals surface area contributed by atoms with E-state index in [9.17, 15) is 34.4 Å². The number of amides is 3. The highest BCUT2D eigenvalue weighted by atomic mass is 16.6. The maximum atomic E-state index is 12.9. The molecule has 0 bridgehead atoms. The Morgan fingerprint density at radius 3 is 2.16 bits per heavy atom. The lowest BCUT2D eigenvalue weighted by atomic mass is 10.1. The van der Waals surface area contributed by atoms with Crippen LogP contribution in [0.2, 0.25) is 0 Å². The zero-order valence-electron chi connectivity index (χ0n) is 16.1. The Bertz CT molecular complexity index is 1320. The second kappa shape index (κ2) is 7.76. The van der Waals surface area contributed by atoms with Crippen molar-refractivity contribution in [1.82, 2.24) is 0 Å². The SMILES string of the molecule is O=C([O-])c1ccc(NC(=O)c2ccc3c(c2)C(=O)N(c2cccc([N+](=O)[O-])c2)C3=O)cc1. The summed E-state index contributed by atoms with van der Waals surface area (Å²) in [6.45, 7) is 0. The number of nitrogens with one attached hydrogen (secondary N) is 1. The van der Waals surface area contributed by atoms with E-state index in [1.54, 1.807) is 0 Å². The summed E-state index contributed by atoms with van der Waals surface area (Å²) in [5.41, 5.74) is 0.188. The molecule has 3 aromatic rings. The van der Waals surface area contributed by atoms with E-state index in [1.165, 1.54) is 60.7 Å². The Morgan fingerprint density at radius 2 is 1.50 bits per heavy atom. The van der Waals surface area contributed by atoms with Crippen LogP contribution in [0.4, 0.5) is 17.1 Å². The van der Waals surface area contributed by atoms with E-state index in [2.05, 4.69) is 5.32 Å². The number of rotatable bonds is 5. The molecule has 1 N–H and O–H groups in total. The number of benzene rings is 3. The van der Waals surface area contributed by atoms with Crippen LogP contribution in [0.1, 0.15) is 41.4 Å². The van der Waals surface area contributed by atoms with Crippen molar-refractivity contribution in [3.63, 3.8) is 0 Å². The summed E-state index contributed by atoms with van der Waals surface area (Å²) in [6.07, 6.45) is 0. The molecule has 1 aliphatic heterocycles. The van der Waals surface area contributed by atoms with Crippen molar-refractivity contribution < 1.29 is 29.2 Å². The summed E-state index contributed by atoms with van der Waals surface area (Å²) in [6, 6.07) is 14.4. The van der Waals surface area contributed by atoms with Gasteiger partial charge < -0.3 is 15.2 Å². The number of nitrogens with zero attached hydrogens (tertiary/aromatic N) is 2. The van der Waals surface area contributed by atoms with Crippen LogP contribution in [0.25, 0.3) is 0 Å². The third-order valence-electron chi connectivity index (χ3n) is 4.83. The molecule has 1 heterocycles. The van der Waals surface area contributed by atoms with Crippen molar-refractivity contribution in [2.45, 2.75) is 0 Å². The number of carboxylic acids is 1. The minimum atomic E-state index is -1.35. The molecule has 4 rings (SSSR count). The van der Waals surface area contributed by atoms with Crippen molar-refractivity contribution in [2.75, 3.05) is 10.2 Å². The Balaban J connectivity index is 1.60. The molecular weight excluding hydrogens is 418 g/mol. The van der Waals surface area contributed by atoms with Crippen LogP contribution in [-0.4, -0.2) is 28.6 Å². The van der Waals surface area contributed by atoms with Crippen LogP contribution < -0.4 is 15.3 Å². The summed E-state index contributed by atoms with van der Waals surface area (Å²) in [5.74, 6) is -3.30. The quantitative estimate of drug-likeness (QED) is 0.369. The van der Waals surface area contributed by atoms with Crippen molar-refractivity contribution in [2.24, 2.45) is 0 Å². The van der Waals surface area contributed by atoms with Gasteiger partial charge in [-0.25, -0.2) is 4.90 Å². The minimum Gasteiger partial charge on any atom is -0.545 e. The second-order valence-corrected chi connectivity index (χ2v) is 6.80. The second-order valence-electron chi connectivity index (χ2n) is 6.80. The van der Waals surface area contributed by atoms with Gasteiger partial charge in [0.05, 0.1) is 27.7 Å². The number of nitro benzene ring substituents is 1. The van der Waals surface area contributed by atoms with Gasteiger partial charge >= 0.3 is 0 Å². The molecule has 0 radical (unpaired) electrons. The van der Waals surface area contributed by atoms with Crippen LogP contribution in [0.3, 0.4) is 0 Å². The van der Waals surface area contributed by atoms with E-state index in [1.807, 2.05) is 0 Å². The molecule has 10 nitrogen and oxygen atoms in total. The number of imide groups is 1. The van der Waals surface area contributed by atoms with Gasteiger partial charge in [-0.1, -0.05) is 18.2 Å². The molecule has 158 valence electrons. The molecule has 0 aliphatic carbocycles. The average Bonchev–Trinajstić information content (AvgIpc) is 3.03. The number of hydrogen-bond donors (Lipinski definition) is 1. The van der Waals surface area contributed by atoms with Crippen LogP contribution in [0.15, 0.2) is 66.7 Å². The lowest BCUT2D eigenvalue weighted by Gasteiger charge is -2.13. The van der Waals surface area contributed by atoms with E-state index < -0.39 is 28.6 Å². The fourth-order valence-corrected chi connectivity index (χ4v) is 3.26. The number of anilines is 2. The fourth-order valence-electron chi connectivity index (χ4n) is 3.26. The molecule has 3 amide bonds. The summed E-state index contributed by atoms with van der Waals surface area (Å²) in [5, 5.41) is 24.4. The molecule has 32 heavy (non-hydrogen) atoms. The average molecular weight is 430 g/mol. The number of carbonyl (C=O) groups is 4. The molecule has 0 saturated heterocycles. The van der Waals surface area contributed by atoms with Gasteiger partial charge in [-0.15, -0.1) is 0 Å². The predicted molar refractivity (Wildman–Crippen MR) is 109 cm³/mol. The Labute approximate surface area is 179 Å². The van der Waals surface area contributed by atoms with Crippen molar-refractivity contribution >= 4 is 40.8 Å². The minimum absolute atomic E-state index is 0.0125. The third-order valence-corrected chi connectivity index (χ3v) is 4.83. The number of aromatic carboxylic acids is 1. The summed E-state index contributed by atoms with van der Waals surface area (Å²) < 4.78 is 0. The summed E-state index contributed by atoms with van der Waals surface area (Å²) in [7, 11) is 0. The van der Waals surface area contributed by atoms with E-state index in [0.717, 1.165) is 11.0 Å². The number of hydrogen-bond acceptors (Lipinski definition) is 7. The molecule has 0 fully saturated rings. The molecule has 10 heteroatoms. The summed E-state index contributed by atoms with van der Waals surface area (Å²) >= 11 is 0. The topological polar surface area (TPSA) is 150 Å². The van der Waals surface area contributed by atoms with Gasteiger partial charge in [-0.3, -0.25) is 24.5 Å². The molecule has 0 unspecified atom stereocenters. The van der Waals surface area contributed by atoms with Crippen LogP contribution in [-0.2, 0) is 0 Å². The van der Waals surface area contributed by atoms with Crippen molar-refractivity contribution in [3.05, 3.63) is 99.1 Å². The number of carbonyl (C=O) groups excluding carboxylic acids is 4. The highest BCUT2D eigenvalue weighted by molar-refractivity contribution is 6.34. The molecule has 1 aliphatic rings. The lowest BCUT2D eigenvalue weighted by molar-refractivity contribution is -0.384. The zero-order valence-corrected chi connectivity index (χ0v) is 16.1. The van der Waals surface area contributed by atoms with Crippen molar-refractivity contribution in [1.29, 1.82) is 0 Å². The van der Waals surface area contributed by atoms with E-state index >= 15 is 0 Å². The molecule has 0 aromatic heterocycles. The number of carboxylic acid groups (broad SMARTS) is 1. The monoisotopic (exact) mass is 430 g/mol. The van der Waals surface area contributed by atoms with E-state index in [0.29, 0.717) is 5.69 Å². The summed E-state index contributed by atoms with van der Waals surface area (Å²) in [4.78, 5) is 60.2. The maximum Gasteiger partial charge on any atom is 0.271 e. The highest BCUT2D eigenvalue weighted by Gasteiger charge is 2.37. The molecular formula is C22H12N3O7-. The number of non-ortho nitro benzene ring substituents is 1. The highest BCUT2D eigenvalue weighted by Crippen LogP contribution is 2.31. The van der Waals surface area contributed by atoms with Crippen LogP contribution in [0.5, 0.6) is 0 Å². The first kappa shape index (κ1) is 20.4. The largest absolute Gasteiger partial charge is 0.545 e. The first-order valence-corrected chi connectivity index (χ1v) is 9.16. The first-order chi connectivity index (χ1) is 15.3. The molecule has 0 spiro atoms. The molecule has 3 aromatic carbocycles. The van der Waals surface area contributed by atoms with Crippen molar-refractivity contribution in [3.8, 4) is 0 Å². The predicted octanol–water partition coefficient (Wildman–Crippen LogP) is 2.01. The normalized spacial score (nSPS) is 12.4.